The van der Waals surface area contributed by atoms with Gasteiger partial charge in [-0.25, -0.2) is 4.79 Å². The summed E-state index contributed by atoms with van der Waals surface area (Å²) in [5.74, 6) is 1.66. The van der Waals surface area contributed by atoms with E-state index in [0.717, 1.165) is 5.56 Å². The predicted octanol–water partition coefficient (Wildman–Crippen LogP) is 0.885. The molecule has 1 saturated heterocycles. The maximum absolute atomic E-state index is 11.3. The summed E-state index contributed by atoms with van der Waals surface area (Å²) >= 11 is 0. The van der Waals surface area contributed by atoms with E-state index < -0.39 is 6.04 Å². The summed E-state index contributed by atoms with van der Waals surface area (Å²) in [6.45, 7) is 0.889. The molecule has 1 aromatic rings. The van der Waals surface area contributed by atoms with Gasteiger partial charge in [-0.3, -0.25) is 10.2 Å². The molecule has 2 atom stereocenters. The Hall–Kier alpha value is -1.98. The Morgan fingerprint density at radius 3 is 2.77 bits per heavy atom. The summed E-state index contributed by atoms with van der Waals surface area (Å²) in [4.78, 5) is 17.1. The van der Waals surface area contributed by atoms with Crippen LogP contribution in [0.2, 0.25) is 0 Å². The fourth-order valence-electron chi connectivity index (χ4n) is 2.73. The molecule has 0 aliphatic carbocycles. The molecule has 1 aliphatic heterocycles. The van der Waals surface area contributed by atoms with E-state index in [0.29, 0.717) is 31.6 Å². The molecule has 1 heterocycles. The van der Waals surface area contributed by atoms with Crippen LogP contribution in [0.15, 0.2) is 35.9 Å². The van der Waals surface area contributed by atoms with Crippen molar-refractivity contribution in [1.82, 2.24) is 5.06 Å². The lowest BCUT2D eigenvalue weighted by atomic mass is 9.84. The van der Waals surface area contributed by atoms with Crippen LogP contribution in [-0.2, 0) is 16.2 Å². The molecule has 4 N–H and O–H groups in total. The number of nitrogens with zero attached hydrogens (tertiary/aromatic N) is 1. The van der Waals surface area contributed by atoms with Gasteiger partial charge in [-0.2, -0.15) is 5.06 Å². The number of nitrogens with one attached hydrogen (secondary N) is 1. The van der Waals surface area contributed by atoms with Gasteiger partial charge in [0.05, 0.1) is 6.61 Å². The van der Waals surface area contributed by atoms with Gasteiger partial charge in [0.15, 0.2) is 0 Å². The van der Waals surface area contributed by atoms with Crippen LogP contribution in [0, 0.1) is 11.3 Å². The van der Waals surface area contributed by atoms with E-state index in [4.69, 9.17) is 21.1 Å². The second-order valence-electron chi connectivity index (χ2n) is 5.31. The Morgan fingerprint density at radius 1 is 1.45 bits per heavy atom. The molecule has 0 aromatic heterocycles. The van der Waals surface area contributed by atoms with Crippen molar-refractivity contribution in [2.45, 2.75) is 25.5 Å². The van der Waals surface area contributed by atoms with Crippen LogP contribution in [-0.4, -0.2) is 41.1 Å². The number of amidine groups is 1. The van der Waals surface area contributed by atoms with Crippen LogP contribution < -0.4 is 5.73 Å². The summed E-state index contributed by atoms with van der Waals surface area (Å²) in [6, 6.07) is 8.95. The minimum absolute atomic E-state index is 0.00859. The fourth-order valence-corrected chi connectivity index (χ4v) is 2.73. The van der Waals surface area contributed by atoms with Gasteiger partial charge >= 0.3 is 0 Å². The molecule has 0 bridgehead atoms. The maximum Gasteiger partial charge on any atom is 0.126 e. The average Bonchev–Trinajstić information content (AvgIpc) is 2.54. The summed E-state index contributed by atoms with van der Waals surface area (Å²) in [6.07, 6.45) is 1.14. The molecule has 6 heteroatoms. The number of rotatable bonds is 6. The van der Waals surface area contributed by atoms with Gasteiger partial charge in [0.1, 0.15) is 17.8 Å². The Labute approximate surface area is 129 Å². The van der Waals surface area contributed by atoms with E-state index in [1.54, 1.807) is 5.06 Å². The molecule has 0 radical (unpaired) electrons. The molecule has 22 heavy (non-hydrogen) atoms. The Morgan fingerprint density at radius 2 is 2.18 bits per heavy atom. The van der Waals surface area contributed by atoms with Crippen LogP contribution in [0.3, 0.4) is 0 Å². The highest BCUT2D eigenvalue weighted by atomic mass is 16.7. The van der Waals surface area contributed by atoms with Crippen molar-refractivity contribution in [3.63, 3.8) is 0 Å². The number of benzene rings is 1. The van der Waals surface area contributed by atoms with E-state index in [1.165, 1.54) is 0 Å². The lowest BCUT2D eigenvalue weighted by Crippen LogP contribution is -2.51. The van der Waals surface area contributed by atoms with E-state index in [2.05, 4.69) is 0 Å². The minimum Gasteiger partial charge on any atom is -0.396 e. The Balaban J connectivity index is 2.10. The lowest BCUT2D eigenvalue weighted by molar-refractivity contribution is -0.186. The van der Waals surface area contributed by atoms with Crippen LogP contribution >= 0.6 is 0 Å². The van der Waals surface area contributed by atoms with Crippen LogP contribution in [0.25, 0.3) is 0 Å². The molecule has 118 valence electrons. The maximum atomic E-state index is 11.3. The first-order valence-corrected chi connectivity index (χ1v) is 7.30. The van der Waals surface area contributed by atoms with E-state index in [9.17, 15) is 4.79 Å². The SMILES string of the molecule is N=C(N)C1C(=C=O)C(CCO)CCN1OCc1ccccc1. The van der Waals surface area contributed by atoms with Crippen LogP contribution in [0.1, 0.15) is 18.4 Å². The van der Waals surface area contributed by atoms with Crippen molar-refractivity contribution in [2.75, 3.05) is 13.2 Å². The zero-order valence-electron chi connectivity index (χ0n) is 12.4. The molecule has 1 fully saturated rings. The largest absolute Gasteiger partial charge is 0.396 e. The molecular weight excluding hydrogens is 282 g/mol. The number of aliphatic hydroxyl groups excluding tert-OH is 1. The van der Waals surface area contributed by atoms with Gasteiger partial charge in [0.25, 0.3) is 0 Å². The zero-order valence-corrected chi connectivity index (χ0v) is 12.4. The molecular formula is C16H21N3O3. The Kier molecular flexibility index (Phi) is 5.86. The van der Waals surface area contributed by atoms with Crippen molar-refractivity contribution in [2.24, 2.45) is 11.7 Å². The summed E-state index contributed by atoms with van der Waals surface area (Å²) in [5, 5.41) is 18.4. The second-order valence-corrected chi connectivity index (χ2v) is 5.31. The highest BCUT2D eigenvalue weighted by Crippen LogP contribution is 2.29. The molecule has 6 nitrogen and oxygen atoms in total. The number of nitrogens with two attached hydrogens (primary N) is 1. The number of carbonyl (C=O) groups excluding carboxylic acids is 1. The molecule has 1 aliphatic rings. The van der Waals surface area contributed by atoms with Gasteiger partial charge < -0.3 is 10.8 Å². The highest BCUT2D eigenvalue weighted by molar-refractivity contribution is 5.88. The van der Waals surface area contributed by atoms with Gasteiger partial charge in [-0.1, -0.05) is 30.3 Å². The third kappa shape index (κ3) is 3.81. The van der Waals surface area contributed by atoms with E-state index >= 15 is 0 Å². The second kappa shape index (κ2) is 7.87. The van der Waals surface area contributed by atoms with Crippen molar-refractivity contribution < 1.29 is 14.7 Å². The fraction of sp³-hybridized carbons (Fsp3) is 0.438. The standard InChI is InChI=1S/C16H21N3O3/c17-16(18)15-14(10-21)13(7-9-20)6-8-19(15)22-11-12-4-2-1-3-5-12/h1-5,13,15,20H,6-9,11H2,(H3,17,18). The van der Waals surface area contributed by atoms with Crippen molar-refractivity contribution in [3.8, 4) is 0 Å². The van der Waals surface area contributed by atoms with E-state index in [1.807, 2.05) is 36.3 Å². The van der Waals surface area contributed by atoms with Gasteiger partial charge in [0, 0.05) is 18.7 Å². The number of hydrogen-bond donors (Lipinski definition) is 3. The van der Waals surface area contributed by atoms with Crippen molar-refractivity contribution in [3.05, 3.63) is 41.5 Å². The number of piperidine rings is 1. The zero-order chi connectivity index (χ0) is 15.9. The quantitative estimate of drug-likeness (QED) is 0.412. The highest BCUT2D eigenvalue weighted by Gasteiger charge is 2.36. The molecule has 0 amide bonds. The summed E-state index contributed by atoms with van der Waals surface area (Å²) in [7, 11) is 0. The molecule has 0 saturated carbocycles. The first kappa shape index (κ1) is 16.4. The lowest BCUT2D eigenvalue weighted by Gasteiger charge is -2.38. The third-order valence-electron chi connectivity index (χ3n) is 3.85. The number of hydroxylamine groups is 2. The topological polar surface area (TPSA) is 99.6 Å². The van der Waals surface area contributed by atoms with Crippen molar-refractivity contribution in [1.29, 1.82) is 5.41 Å². The van der Waals surface area contributed by atoms with Crippen molar-refractivity contribution >= 4 is 11.8 Å². The molecule has 0 spiro atoms. The monoisotopic (exact) mass is 303 g/mol. The van der Waals surface area contributed by atoms with Crippen LogP contribution in [0.5, 0.6) is 0 Å². The van der Waals surface area contributed by atoms with E-state index in [-0.39, 0.29) is 18.4 Å². The molecule has 2 rings (SSSR count). The first-order chi connectivity index (χ1) is 10.7. The predicted molar refractivity (Wildman–Crippen MR) is 82.7 cm³/mol. The smallest absolute Gasteiger partial charge is 0.126 e. The van der Waals surface area contributed by atoms with Gasteiger partial charge in [-0.15, -0.1) is 0 Å². The summed E-state index contributed by atoms with van der Waals surface area (Å²) < 4.78 is 0. The van der Waals surface area contributed by atoms with Gasteiger partial charge in [-0.05, 0) is 24.3 Å². The Bertz CT molecular complexity index is 555. The molecule has 1 aromatic carbocycles. The third-order valence-corrected chi connectivity index (χ3v) is 3.85. The first-order valence-electron chi connectivity index (χ1n) is 7.30. The number of aliphatic hydroxyl groups is 1. The minimum atomic E-state index is -0.702. The summed E-state index contributed by atoms with van der Waals surface area (Å²) in [5.41, 5.74) is 7.04. The normalized spacial score (nSPS) is 22.3. The molecule has 2 unspecified atom stereocenters. The van der Waals surface area contributed by atoms with Gasteiger partial charge in [0.2, 0.25) is 0 Å². The van der Waals surface area contributed by atoms with Crippen LogP contribution in [0.4, 0.5) is 0 Å². The average molecular weight is 303 g/mol. The number of hydrogen-bond acceptors (Lipinski definition) is 5.